The SMILES string of the molecule is CC(C)(C)OC(=O)c1ccc([N+](=O)[O-])c(O)c1. The van der Waals surface area contributed by atoms with E-state index in [1.54, 1.807) is 20.8 Å². The van der Waals surface area contributed by atoms with Crippen molar-refractivity contribution in [3.05, 3.63) is 33.9 Å². The van der Waals surface area contributed by atoms with Crippen LogP contribution >= 0.6 is 0 Å². The van der Waals surface area contributed by atoms with Crippen LogP contribution in [0.15, 0.2) is 18.2 Å². The van der Waals surface area contributed by atoms with Crippen LogP contribution in [0.2, 0.25) is 0 Å². The molecule has 6 nitrogen and oxygen atoms in total. The highest BCUT2D eigenvalue weighted by Crippen LogP contribution is 2.27. The summed E-state index contributed by atoms with van der Waals surface area (Å²) in [4.78, 5) is 21.3. The van der Waals surface area contributed by atoms with E-state index in [-0.39, 0.29) is 5.56 Å². The molecule has 0 saturated heterocycles. The standard InChI is InChI=1S/C11H13NO5/c1-11(2,3)17-10(14)7-4-5-8(12(15)16)9(13)6-7/h4-6,13H,1-3H3. The summed E-state index contributed by atoms with van der Waals surface area (Å²) in [6.45, 7) is 5.11. The van der Waals surface area contributed by atoms with E-state index in [4.69, 9.17) is 4.74 Å². The average molecular weight is 239 g/mol. The van der Waals surface area contributed by atoms with Gasteiger partial charge >= 0.3 is 11.7 Å². The first-order chi connectivity index (χ1) is 7.70. The predicted molar refractivity (Wildman–Crippen MR) is 59.9 cm³/mol. The molecule has 0 aliphatic rings. The van der Waals surface area contributed by atoms with Crippen LogP contribution in [0.3, 0.4) is 0 Å². The number of phenolic OH excluding ortho intramolecular Hbond substituents is 1. The van der Waals surface area contributed by atoms with Gasteiger partial charge in [0.15, 0.2) is 5.75 Å². The number of nitrogens with zero attached hydrogens (tertiary/aromatic N) is 1. The molecule has 0 heterocycles. The van der Waals surface area contributed by atoms with E-state index in [2.05, 4.69) is 0 Å². The summed E-state index contributed by atoms with van der Waals surface area (Å²) in [5.41, 5.74) is -1.03. The van der Waals surface area contributed by atoms with Crippen molar-refractivity contribution in [2.45, 2.75) is 26.4 Å². The average Bonchev–Trinajstić information content (AvgIpc) is 2.14. The Morgan fingerprint density at radius 3 is 2.41 bits per heavy atom. The zero-order valence-corrected chi connectivity index (χ0v) is 9.76. The van der Waals surface area contributed by atoms with Crippen molar-refractivity contribution in [2.24, 2.45) is 0 Å². The molecule has 0 amide bonds. The third kappa shape index (κ3) is 3.44. The van der Waals surface area contributed by atoms with Gasteiger partial charge in [-0.15, -0.1) is 0 Å². The number of benzene rings is 1. The fourth-order valence-corrected chi connectivity index (χ4v) is 1.14. The lowest BCUT2D eigenvalue weighted by Crippen LogP contribution is -2.23. The molecule has 0 aliphatic heterocycles. The number of carbonyl (C=O) groups is 1. The van der Waals surface area contributed by atoms with Gasteiger partial charge in [0, 0.05) is 12.1 Å². The molecule has 92 valence electrons. The Morgan fingerprint density at radius 2 is 2.00 bits per heavy atom. The normalized spacial score (nSPS) is 11.0. The van der Waals surface area contributed by atoms with E-state index in [1.165, 1.54) is 6.07 Å². The zero-order valence-electron chi connectivity index (χ0n) is 9.76. The molecule has 0 spiro atoms. The lowest BCUT2D eigenvalue weighted by molar-refractivity contribution is -0.385. The Hall–Kier alpha value is -2.11. The third-order valence-electron chi connectivity index (χ3n) is 1.81. The molecule has 0 aromatic heterocycles. The van der Waals surface area contributed by atoms with Gasteiger partial charge in [0.05, 0.1) is 10.5 Å². The quantitative estimate of drug-likeness (QED) is 0.485. The van der Waals surface area contributed by atoms with Gasteiger partial charge in [-0.2, -0.15) is 0 Å². The molecule has 0 saturated carbocycles. The Labute approximate surface area is 98.0 Å². The first kappa shape index (κ1) is 13.0. The first-order valence-electron chi connectivity index (χ1n) is 4.91. The van der Waals surface area contributed by atoms with Gasteiger partial charge in [0.1, 0.15) is 5.60 Å². The Kier molecular flexibility index (Phi) is 3.36. The number of phenols is 1. The van der Waals surface area contributed by atoms with Gasteiger partial charge < -0.3 is 9.84 Å². The van der Waals surface area contributed by atoms with Crippen LogP contribution in [0.4, 0.5) is 5.69 Å². The minimum atomic E-state index is -0.728. The molecule has 1 aromatic rings. The number of ether oxygens (including phenoxy) is 1. The van der Waals surface area contributed by atoms with Gasteiger partial charge in [-0.25, -0.2) is 4.79 Å². The number of nitro benzene ring substituents is 1. The minimum absolute atomic E-state index is 0.0722. The molecule has 17 heavy (non-hydrogen) atoms. The number of carbonyl (C=O) groups excluding carboxylic acids is 1. The van der Waals surface area contributed by atoms with Gasteiger partial charge in [0.25, 0.3) is 0 Å². The molecular formula is C11H13NO5. The molecule has 0 bridgehead atoms. The van der Waals surface area contributed by atoms with Gasteiger partial charge in [0.2, 0.25) is 0 Å². The molecule has 0 radical (unpaired) electrons. The molecule has 0 unspecified atom stereocenters. The van der Waals surface area contributed by atoms with Crippen LogP contribution in [0.5, 0.6) is 5.75 Å². The summed E-state index contributed by atoms with van der Waals surface area (Å²) in [7, 11) is 0. The largest absolute Gasteiger partial charge is 0.502 e. The number of nitro groups is 1. The molecule has 0 fully saturated rings. The topological polar surface area (TPSA) is 89.7 Å². The van der Waals surface area contributed by atoms with Gasteiger partial charge in [-0.1, -0.05) is 0 Å². The van der Waals surface area contributed by atoms with Crippen LogP contribution in [-0.4, -0.2) is 21.6 Å². The van der Waals surface area contributed by atoms with E-state index >= 15 is 0 Å². The molecular weight excluding hydrogens is 226 g/mol. The Bertz CT molecular complexity index is 461. The molecule has 1 rings (SSSR count). The van der Waals surface area contributed by atoms with Crippen LogP contribution in [0, 0.1) is 10.1 Å². The van der Waals surface area contributed by atoms with E-state index < -0.39 is 27.9 Å². The van der Waals surface area contributed by atoms with Crippen LogP contribution in [0.25, 0.3) is 0 Å². The van der Waals surface area contributed by atoms with Crippen molar-refractivity contribution < 1.29 is 19.6 Å². The molecule has 0 atom stereocenters. The second kappa shape index (κ2) is 4.40. The van der Waals surface area contributed by atoms with Crippen molar-refractivity contribution in [3.8, 4) is 5.75 Å². The molecule has 1 aromatic carbocycles. The lowest BCUT2D eigenvalue weighted by Gasteiger charge is -2.19. The maximum Gasteiger partial charge on any atom is 0.338 e. The number of aromatic hydroxyl groups is 1. The summed E-state index contributed by atoms with van der Waals surface area (Å²) < 4.78 is 5.06. The van der Waals surface area contributed by atoms with Gasteiger partial charge in [-0.3, -0.25) is 10.1 Å². The smallest absolute Gasteiger partial charge is 0.338 e. The monoisotopic (exact) mass is 239 g/mol. The number of hydrogen-bond donors (Lipinski definition) is 1. The van der Waals surface area contributed by atoms with Crippen molar-refractivity contribution >= 4 is 11.7 Å². The van der Waals surface area contributed by atoms with E-state index in [9.17, 15) is 20.0 Å². The fraction of sp³-hybridized carbons (Fsp3) is 0.364. The Morgan fingerprint density at radius 1 is 1.41 bits per heavy atom. The number of hydrogen-bond acceptors (Lipinski definition) is 5. The van der Waals surface area contributed by atoms with E-state index in [0.29, 0.717) is 0 Å². The van der Waals surface area contributed by atoms with Gasteiger partial charge in [-0.05, 0) is 26.8 Å². The van der Waals surface area contributed by atoms with E-state index in [0.717, 1.165) is 12.1 Å². The van der Waals surface area contributed by atoms with Crippen LogP contribution in [0.1, 0.15) is 31.1 Å². The van der Waals surface area contributed by atoms with Crippen molar-refractivity contribution in [1.82, 2.24) is 0 Å². The maximum atomic E-state index is 11.6. The number of esters is 1. The second-order valence-corrected chi connectivity index (χ2v) is 4.46. The maximum absolute atomic E-state index is 11.6. The Balaban J connectivity index is 2.98. The van der Waals surface area contributed by atoms with Crippen LogP contribution in [-0.2, 0) is 4.74 Å². The summed E-state index contributed by atoms with van der Waals surface area (Å²) in [5.74, 6) is -1.19. The highest BCUT2D eigenvalue weighted by molar-refractivity contribution is 5.90. The second-order valence-electron chi connectivity index (χ2n) is 4.46. The highest BCUT2D eigenvalue weighted by atomic mass is 16.6. The van der Waals surface area contributed by atoms with Crippen molar-refractivity contribution in [2.75, 3.05) is 0 Å². The number of rotatable bonds is 2. The molecule has 0 aliphatic carbocycles. The summed E-state index contributed by atoms with van der Waals surface area (Å²) in [6.07, 6.45) is 0. The van der Waals surface area contributed by atoms with E-state index in [1.807, 2.05) is 0 Å². The first-order valence-corrected chi connectivity index (χ1v) is 4.91. The van der Waals surface area contributed by atoms with Crippen molar-refractivity contribution in [1.29, 1.82) is 0 Å². The third-order valence-corrected chi connectivity index (χ3v) is 1.81. The highest BCUT2D eigenvalue weighted by Gasteiger charge is 2.21. The molecule has 6 heteroatoms. The van der Waals surface area contributed by atoms with Crippen molar-refractivity contribution in [3.63, 3.8) is 0 Å². The minimum Gasteiger partial charge on any atom is -0.502 e. The predicted octanol–water partition coefficient (Wildman–Crippen LogP) is 2.26. The lowest BCUT2D eigenvalue weighted by atomic mass is 10.1. The summed E-state index contributed by atoms with van der Waals surface area (Å²) >= 11 is 0. The summed E-state index contributed by atoms with van der Waals surface area (Å²) in [6, 6.07) is 3.33. The fourth-order valence-electron chi connectivity index (χ4n) is 1.14. The zero-order chi connectivity index (χ0) is 13.2. The van der Waals surface area contributed by atoms with Crippen LogP contribution < -0.4 is 0 Å². The summed E-state index contributed by atoms with van der Waals surface area (Å²) in [5, 5.41) is 19.8. The molecule has 1 N–H and O–H groups in total.